The van der Waals surface area contributed by atoms with Crippen LogP contribution in [-0.2, 0) is 6.67 Å². The highest BCUT2D eigenvalue weighted by molar-refractivity contribution is 7.99. The van der Waals surface area contributed by atoms with Crippen molar-refractivity contribution < 1.29 is 4.39 Å². The highest BCUT2D eigenvalue weighted by Crippen LogP contribution is 2.36. The molecule has 1 aromatic heterocycles. The molecule has 0 atom stereocenters. The lowest BCUT2D eigenvalue weighted by atomic mass is 9.98. The van der Waals surface area contributed by atoms with Gasteiger partial charge in [-0.1, -0.05) is 72.4 Å². The third kappa shape index (κ3) is 3.57. The van der Waals surface area contributed by atoms with Crippen LogP contribution in [0, 0.1) is 5.82 Å². The lowest BCUT2D eigenvalue weighted by Gasteiger charge is -2.35. The number of aromatic nitrogens is 3. The van der Waals surface area contributed by atoms with E-state index >= 15 is 0 Å². The molecule has 0 fully saturated rings. The second-order valence-electron chi connectivity index (χ2n) is 6.97. The van der Waals surface area contributed by atoms with Crippen molar-refractivity contribution in [1.29, 1.82) is 0 Å². The van der Waals surface area contributed by atoms with Gasteiger partial charge in [0.05, 0.1) is 18.6 Å². The first kappa shape index (κ1) is 18.1. The van der Waals surface area contributed by atoms with Crippen LogP contribution in [0.15, 0.2) is 90.1 Å². The Kier molecular flexibility index (Phi) is 4.87. The number of hydrogen-bond acceptors (Lipinski definition) is 4. The molecule has 0 N–H and O–H groups in total. The summed E-state index contributed by atoms with van der Waals surface area (Å²) in [5, 5.41) is 9.62. The zero-order chi connectivity index (χ0) is 19.6. The Bertz CT molecular complexity index is 1060. The predicted molar refractivity (Wildman–Crippen MR) is 113 cm³/mol. The van der Waals surface area contributed by atoms with E-state index in [0.29, 0.717) is 6.67 Å². The maximum Gasteiger partial charge on any atom is 0.193 e. The Labute approximate surface area is 173 Å². The zero-order valence-corrected chi connectivity index (χ0v) is 16.5. The molecule has 6 heteroatoms. The van der Waals surface area contributed by atoms with Gasteiger partial charge in [-0.15, -0.1) is 10.2 Å². The number of fused-ring (bicyclic) bond motifs is 1. The van der Waals surface area contributed by atoms with Crippen molar-refractivity contribution >= 4 is 11.8 Å². The predicted octanol–water partition coefficient (Wildman–Crippen LogP) is 5.20. The highest BCUT2D eigenvalue weighted by Gasteiger charge is 2.29. The van der Waals surface area contributed by atoms with Crippen LogP contribution in [0.1, 0.15) is 17.2 Å². The molecular formula is C23H19FN4S. The summed E-state index contributed by atoms with van der Waals surface area (Å²) in [5.41, 5.74) is 3.36. The van der Waals surface area contributed by atoms with E-state index in [4.69, 9.17) is 0 Å². The second-order valence-corrected chi connectivity index (χ2v) is 7.88. The molecule has 29 heavy (non-hydrogen) atoms. The van der Waals surface area contributed by atoms with Gasteiger partial charge in [-0.25, -0.2) is 4.39 Å². The Morgan fingerprint density at radius 3 is 2.03 bits per heavy atom. The molecule has 0 saturated carbocycles. The summed E-state index contributed by atoms with van der Waals surface area (Å²) in [5.74, 6) is 1.32. The topological polar surface area (TPSA) is 34.0 Å². The van der Waals surface area contributed by atoms with E-state index in [0.717, 1.165) is 22.4 Å². The Morgan fingerprint density at radius 1 is 0.793 bits per heavy atom. The van der Waals surface area contributed by atoms with Gasteiger partial charge in [-0.2, -0.15) is 0 Å². The van der Waals surface area contributed by atoms with Crippen molar-refractivity contribution in [1.82, 2.24) is 19.7 Å². The molecule has 5 rings (SSSR count). The first-order valence-electron chi connectivity index (χ1n) is 9.45. The maximum absolute atomic E-state index is 13.4. The van der Waals surface area contributed by atoms with E-state index in [1.165, 1.54) is 23.3 Å². The van der Waals surface area contributed by atoms with E-state index in [-0.39, 0.29) is 11.9 Å². The van der Waals surface area contributed by atoms with Gasteiger partial charge in [-0.3, -0.25) is 9.47 Å². The summed E-state index contributed by atoms with van der Waals surface area (Å²) in [6.45, 7) is 0.663. The van der Waals surface area contributed by atoms with Crippen molar-refractivity contribution in [3.8, 4) is 11.4 Å². The minimum atomic E-state index is -0.253. The van der Waals surface area contributed by atoms with Gasteiger partial charge in [0.1, 0.15) is 5.82 Å². The summed E-state index contributed by atoms with van der Waals surface area (Å²) in [7, 11) is 0. The minimum Gasteiger partial charge on any atom is -0.288 e. The quantitative estimate of drug-likeness (QED) is 0.470. The fourth-order valence-corrected chi connectivity index (χ4v) is 4.65. The van der Waals surface area contributed by atoms with E-state index in [1.807, 2.05) is 12.1 Å². The minimum absolute atomic E-state index is 0.126. The monoisotopic (exact) mass is 402 g/mol. The van der Waals surface area contributed by atoms with Gasteiger partial charge in [-0.05, 0) is 35.4 Å². The van der Waals surface area contributed by atoms with Crippen molar-refractivity contribution in [2.75, 3.05) is 5.88 Å². The van der Waals surface area contributed by atoms with Crippen molar-refractivity contribution in [2.45, 2.75) is 17.9 Å². The SMILES string of the molecule is Fc1ccc(-c2nnc3n2CN(C(c2ccccc2)c2ccccc2)CS3)cc1. The summed E-state index contributed by atoms with van der Waals surface area (Å²) in [6.07, 6.45) is 0. The molecule has 2 heterocycles. The van der Waals surface area contributed by atoms with E-state index in [1.54, 1.807) is 23.9 Å². The number of benzene rings is 3. The average Bonchev–Trinajstić information content (AvgIpc) is 3.19. The second kappa shape index (κ2) is 7.81. The van der Waals surface area contributed by atoms with Crippen molar-refractivity contribution in [2.24, 2.45) is 0 Å². The fourth-order valence-electron chi connectivity index (χ4n) is 3.74. The first-order chi connectivity index (χ1) is 14.3. The van der Waals surface area contributed by atoms with Gasteiger partial charge >= 0.3 is 0 Å². The molecule has 3 aromatic carbocycles. The summed E-state index contributed by atoms with van der Waals surface area (Å²) < 4.78 is 15.5. The van der Waals surface area contributed by atoms with Crippen molar-refractivity contribution in [3.63, 3.8) is 0 Å². The number of hydrogen-bond donors (Lipinski definition) is 0. The van der Waals surface area contributed by atoms with Crippen LogP contribution in [0.4, 0.5) is 4.39 Å². The van der Waals surface area contributed by atoms with Crippen LogP contribution in [-0.4, -0.2) is 25.5 Å². The first-order valence-corrected chi connectivity index (χ1v) is 10.4. The van der Waals surface area contributed by atoms with Gasteiger partial charge in [0.2, 0.25) is 0 Å². The summed E-state index contributed by atoms with van der Waals surface area (Å²) >= 11 is 1.67. The maximum atomic E-state index is 13.4. The largest absolute Gasteiger partial charge is 0.288 e. The molecule has 144 valence electrons. The fraction of sp³-hybridized carbons (Fsp3) is 0.130. The molecule has 0 amide bonds. The van der Waals surface area contributed by atoms with Crippen molar-refractivity contribution in [3.05, 3.63) is 102 Å². The summed E-state index contributed by atoms with van der Waals surface area (Å²) in [4.78, 5) is 2.42. The standard InChI is InChI=1S/C23H19FN4S/c24-20-13-11-19(12-14-20)22-25-26-23-28(22)15-27(16-29-23)21(17-7-3-1-4-8-17)18-9-5-2-6-10-18/h1-14,21H,15-16H2. The zero-order valence-electron chi connectivity index (χ0n) is 15.6. The number of nitrogens with zero attached hydrogens (tertiary/aromatic N) is 4. The molecular weight excluding hydrogens is 383 g/mol. The highest BCUT2D eigenvalue weighted by atomic mass is 32.2. The molecule has 0 bridgehead atoms. The molecule has 0 radical (unpaired) electrons. The van der Waals surface area contributed by atoms with E-state index < -0.39 is 0 Å². The number of halogens is 1. The van der Waals surface area contributed by atoms with E-state index in [2.05, 4.69) is 68.2 Å². The average molecular weight is 402 g/mol. The van der Waals surface area contributed by atoms with Crippen LogP contribution in [0.5, 0.6) is 0 Å². The summed E-state index contributed by atoms with van der Waals surface area (Å²) in [6, 6.07) is 27.6. The van der Waals surface area contributed by atoms with Crippen LogP contribution < -0.4 is 0 Å². The molecule has 1 aliphatic rings. The Balaban J connectivity index is 1.53. The van der Waals surface area contributed by atoms with Gasteiger partial charge in [0.25, 0.3) is 0 Å². The Morgan fingerprint density at radius 2 is 1.41 bits per heavy atom. The molecule has 0 spiro atoms. The molecule has 4 nitrogen and oxygen atoms in total. The van der Waals surface area contributed by atoms with Crippen LogP contribution in [0.25, 0.3) is 11.4 Å². The third-order valence-corrected chi connectivity index (χ3v) is 6.12. The molecule has 1 aliphatic heterocycles. The molecule has 0 aliphatic carbocycles. The third-order valence-electron chi connectivity index (χ3n) is 5.10. The normalized spacial score (nSPS) is 14.1. The lowest BCUT2D eigenvalue weighted by molar-refractivity contribution is 0.195. The van der Waals surface area contributed by atoms with Crippen LogP contribution in [0.3, 0.4) is 0 Å². The Hall–Kier alpha value is -2.96. The van der Waals surface area contributed by atoms with Crippen LogP contribution in [0.2, 0.25) is 0 Å². The smallest absolute Gasteiger partial charge is 0.193 e. The van der Waals surface area contributed by atoms with Gasteiger partial charge in [0.15, 0.2) is 11.0 Å². The number of thioether (sulfide) groups is 1. The number of rotatable bonds is 4. The van der Waals surface area contributed by atoms with Gasteiger partial charge < -0.3 is 0 Å². The molecule has 0 saturated heterocycles. The lowest BCUT2D eigenvalue weighted by Crippen LogP contribution is -2.34. The van der Waals surface area contributed by atoms with Gasteiger partial charge in [0, 0.05) is 5.56 Å². The van der Waals surface area contributed by atoms with Crippen LogP contribution >= 0.6 is 11.8 Å². The molecule has 4 aromatic rings. The van der Waals surface area contributed by atoms with E-state index in [9.17, 15) is 4.39 Å². The molecule has 0 unspecified atom stereocenters.